The average molecular weight is 242 g/mol. The number of rotatable bonds is 4. The molecule has 0 N–H and O–H groups in total. The average Bonchev–Trinajstić information content (AvgIpc) is 2.17. The van der Waals surface area contributed by atoms with Gasteiger partial charge in [0.15, 0.2) is 0 Å². The van der Waals surface area contributed by atoms with E-state index in [4.69, 9.17) is 11.6 Å². The fourth-order valence-electron chi connectivity index (χ4n) is 1.70. The van der Waals surface area contributed by atoms with Crippen LogP contribution in [0.15, 0.2) is 18.2 Å². The zero-order valence-corrected chi connectivity index (χ0v) is 9.82. The summed E-state index contributed by atoms with van der Waals surface area (Å²) in [7, 11) is 0. The summed E-state index contributed by atoms with van der Waals surface area (Å²) in [5, 5.41) is 11.2. The molecule has 0 amide bonds. The van der Waals surface area contributed by atoms with E-state index in [1.165, 1.54) is 25.1 Å². The lowest BCUT2D eigenvalue weighted by Gasteiger charge is -2.12. The lowest BCUT2D eigenvalue weighted by atomic mass is 9.92. The van der Waals surface area contributed by atoms with Gasteiger partial charge < -0.3 is 0 Å². The van der Waals surface area contributed by atoms with Crippen LogP contribution in [0.1, 0.15) is 31.7 Å². The molecule has 0 aliphatic carbocycles. The third-order valence-corrected chi connectivity index (χ3v) is 2.70. The van der Waals surface area contributed by atoms with Gasteiger partial charge >= 0.3 is 0 Å². The first-order valence-electron chi connectivity index (χ1n) is 4.91. The highest BCUT2D eigenvalue weighted by Gasteiger charge is 2.24. The zero-order chi connectivity index (χ0) is 12.3. The van der Waals surface area contributed by atoms with E-state index < -0.39 is 10.8 Å². The summed E-state index contributed by atoms with van der Waals surface area (Å²) in [4.78, 5) is 21.7. The van der Waals surface area contributed by atoms with Gasteiger partial charge in [-0.15, -0.1) is 0 Å². The molecule has 1 atom stereocenters. The first-order chi connectivity index (χ1) is 7.47. The van der Waals surface area contributed by atoms with Crippen molar-refractivity contribution in [1.82, 2.24) is 0 Å². The van der Waals surface area contributed by atoms with Crippen molar-refractivity contribution in [2.24, 2.45) is 0 Å². The van der Waals surface area contributed by atoms with Gasteiger partial charge in [-0.1, -0.05) is 18.5 Å². The van der Waals surface area contributed by atoms with Crippen LogP contribution >= 0.6 is 11.6 Å². The Balaban J connectivity index is 3.33. The minimum absolute atomic E-state index is 0.0496. The van der Waals surface area contributed by atoms with E-state index >= 15 is 0 Å². The molecule has 0 radical (unpaired) electrons. The van der Waals surface area contributed by atoms with E-state index in [2.05, 4.69) is 0 Å². The molecule has 0 aliphatic rings. The Kier molecular flexibility index (Phi) is 4.01. The molecule has 0 bridgehead atoms. The second kappa shape index (κ2) is 5.07. The predicted molar refractivity (Wildman–Crippen MR) is 61.8 cm³/mol. The molecular formula is C11H12ClNO3. The summed E-state index contributed by atoms with van der Waals surface area (Å²) in [5.41, 5.74) is 0.346. The Morgan fingerprint density at radius 1 is 1.56 bits per heavy atom. The molecule has 5 heteroatoms. The van der Waals surface area contributed by atoms with Crippen molar-refractivity contribution in [1.29, 1.82) is 0 Å². The Hall–Kier alpha value is -1.42. The molecule has 0 heterocycles. The highest BCUT2D eigenvalue weighted by atomic mass is 35.5. The molecule has 4 nitrogen and oxygen atoms in total. The molecule has 16 heavy (non-hydrogen) atoms. The van der Waals surface area contributed by atoms with Crippen LogP contribution in [0.5, 0.6) is 0 Å². The third-order valence-electron chi connectivity index (χ3n) is 2.46. The molecule has 0 saturated heterocycles. The monoisotopic (exact) mass is 241 g/mol. The Labute approximate surface area is 98.4 Å². The molecular weight excluding hydrogens is 230 g/mol. The zero-order valence-electron chi connectivity index (χ0n) is 9.07. The van der Waals surface area contributed by atoms with Crippen molar-refractivity contribution < 1.29 is 9.72 Å². The number of carbonyl (C=O) groups is 1. The number of benzene rings is 1. The number of nitro benzene ring substituents is 1. The van der Waals surface area contributed by atoms with Crippen molar-refractivity contribution >= 4 is 23.1 Å². The number of ketones is 1. The number of halogens is 1. The largest absolute Gasteiger partial charge is 0.299 e. The minimum Gasteiger partial charge on any atom is -0.299 e. The predicted octanol–water partition coefficient (Wildman–Crippen LogP) is 3.33. The van der Waals surface area contributed by atoms with Gasteiger partial charge in [-0.2, -0.15) is 0 Å². The summed E-state index contributed by atoms with van der Waals surface area (Å²) >= 11 is 5.79. The molecule has 0 aliphatic heterocycles. The van der Waals surface area contributed by atoms with Crippen molar-refractivity contribution in [3.8, 4) is 0 Å². The van der Waals surface area contributed by atoms with Gasteiger partial charge in [0.2, 0.25) is 0 Å². The quantitative estimate of drug-likeness (QED) is 0.600. The molecule has 1 aromatic rings. The van der Waals surface area contributed by atoms with Crippen LogP contribution in [-0.4, -0.2) is 10.7 Å². The lowest BCUT2D eigenvalue weighted by Crippen LogP contribution is -2.10. The first kappa shape index (κ1) is 12.6. The van der Waals surface area contributed by atoms with Crippen molar-refractivity contribution in [2.45, 2.75) is 26.2 Å². The van der Waals surface area contributed by atoms with Crippen LogP contribution in [0.25, 0.3) is 0 Å². The highest BCUT2D eigenvalue weighted by Crippen LogP contribution is 2.31. The van der Waals surface area contributed by atoms with Crippen LogP contribution in [0.2, 0.25) is 5.02 Å². The maximum absolute atomic E-state index is 11.4. The molecule has 1 unspecified atom stereocenters. The van der Waals surface area contributed by atoms with Gasteiger partial charge in [0.25, 0.3) is 5.69 Å². The van der Waals surface area contributed by atoms with Gasteiger partial charge in [-0.25, -0.2) is 0 Å². The minimum atomic E-state index is -0.489. The van der Waals surface area contributed by atoms with Gasteiger partial charge in [0, 0.05) is 22.6 Å². The summed E-state index contributed by atoms with van der Waals surface area (Å²) < 4.78 is 0. The van der Waals surface area contributed by atoms with Crippen LogP contribution < -0.4 is 0 Å². The fourth-order valence-corrected chi connectivity index (χ4v) is 1.88. The van der Waals surface area contributed by atoms with Crippen molar-refractivity contribution in [3.05, 3.63) is 38.9 Å². The summed E-state index contributed by atoms with van der Waals surface area (Å²) in [6.07, 6.45) is 0.524. The summed E-state index contributed by atoms with van der Waals surface area (Å²) in [6, 6.07) is 4.29. The number of carbonyl (C=O) groups excluding carboxylic acids is 1. The maximum Gasteiger partial charge on any atom is 0.273 e. The van der Waals surface area contributed by atoms with E-state index in [0.717, 1.165) is 0 Å². The molecule has 1 aromatic carbocycles. The molecule has 0 fully saturated rings. The Morgan fingerprint density at radius 2 is 2.19 bits per heavy atom. The van der Waals surface area contributed by atoms with Gasteiger partial charge in [0.05, 0.1) is 4.92 Å². The second-order valence-corrected chi connectivity index (χ2v) is 3.97. The van der Waals surface area contributed by atoms with Gasteiger partial charge in [0.1, 0.15) is 5.78 Å². The van der Waals surface area contributed by atoms with Crippen LogP contribution in [0.4, 0.5) is 5.69 Å². The van der Waals surface area contributed by atoms with E-state index in [1.807, 2.05) is 6.92 Å². The van der Waals surface area contributed by atoms with E-state index in [9.17, 15) is 14.9 Å². The first-order valence-corrected chi connectivity index (χ1v) is 5.29. The maximum atomic E-state index is 11.4. The fraction of sp³-hybridized carbons (Fsp3) is 0.364. The molecule has 0 aromatic heterocycles. The van der Waals surface area contributed by atoms with Gasteiger partial charge in [-0.3, -0.25) is 14.9 Å². The molecule has 86 valence electrons. The third kappa shape index (κ3) is 2.58. The number of nitrogens with zero attached hydrogens (tertiary/aromatic N) is 1. The van der Waals surface area contributed by atoms with Crippen LogP contribution in [-0.2, 0) is 4.79 Å². The number of nitro groups is 1. The Bertz CT molecular complexity index is 431. The number of Topliss-reactive ketones (excluding diaryl/α,β-unsaturated/α-hetero) is 1. The SMILES string of the molecule is CCC(C(C)=O)c1cc(Cl)ccc1[N+](=O)[O-]. The Morgan fingerprint density at radius 3 is 2.62 bits per heavy atom. The molecule has 0 saturated carbocycles. The van der Waals surface area contributed by atoms with E-state index in [-0.39, 0.29) is 11.5 Å². The number of hydrogen-bond acceptors (Lipinski definition) is 3. The molecule has 1 rings (SSSR count). The van der Waals surface area contributed by atoms with Crippen molar-refractivity contribution in [2.75, 3.05) is 0 Å². The van der Waals surface area contributed by atoms with Crippen LogP contribution in [0, 0.1) is 10.1 Å². The summed E-state index contributed by atoms with van der Waals surface area (Å²) in [6.45, 7) is 3.25. The van der Waals surface area contributed by atoms with Crippen molar-refractivity contribution in [3.63, 3.8) is 0 Å². The molecule has 0 spiro atoms. The lowest BCUT2D eigenvalue weighted by molar-refractivity contribution is -0.385. The topological polar surface area (TPSA) is 60.2 Å². The standard InChI is InChI=1S/C11H12ClNO3/c1-3-9(7(2)14)10-6-8(12)4-5-11(10)13(15)16/h4-6,9H,3H2,1-2H3. The van der Waals surface area contributed by atoms with Gasteiger partial charge in [-0.05, 0) is 25.5 Å². The highest BCUT2D eigenvalue weighted by molar-refractivity contribution is 6.30. The second-order valence-electron chi connectivity index (χ2n) is 3.53. The van der Waals surface area contributed by atoms with E-state index in [1.54, 1.807) is 0 Å². The normalized spacial score (nSPS) is 12.2. The number of hydrogen-bond donors (Lipinski definition) is 0. The van der Waals surface area contributed by atoms with E-state index in [0.29, 0.717) is 17.0 Å². The summed E-state index contributed by atoms with van der Waals surface area (Å²) in [5.74, 6) is -0.549. The van der Waals surface area contributed by atoms with Crippen LogP contribution in [0.3, 0.4) is 0 Å². The smallest absolute Gasteiger partial charge is 0.273 e.